The average molecular weight is 317 g/mol. The predicted octanol–water partition coefficient (Wildman–Crippen LogP) is 2.12. The summed E-state index contributed by atoms with van der Waals surface area (Å²) in [4.78, 5) is 12.2. The van der Waals surface area contributed by atoms with Gasteiger partial charge in [-0.1, -0.05) is 31.2 Å². The van der Waals surface area contributed by atoms with Crippen LogP contribution < -0.4 is 5.32 Å². The first-order valence-corrected chi connectivity index (χ1v) is 7.09. The van der Waals surface area contributed by atoms with Crippen LogP contribution in [0.2, 0.25) is 0 Å². The maximum atomic E-state index is 12.6. The standard InChI is InChI=1S/C15H18F3NO3/c1-2-11(13(20)15(16,17)18)19-14(21)12-10-6-4-3-5-9(10)7-8-22-12/h3-6,11-13,20H,2,7-8H2,1H3,(H,19,21). The highest BCUT2D eigenvalue weighted by molar-refractivity contribution is 5.83. The number of ether oxygens (including phenoxy) is 1. The monoisotopic (exact) mass is 317 g/mol. The fraction of sp³-hybridized carbons (Fsp3) is 0.533. The van der Waals surface area contributed by atoms with Gasteiger partial charge < -0.3 is 15.2 Å². The highest BCUT2D eigenvalue weighted by Gasteiger charge is 2.44. The van der Waals surface area contributed by atoms with Crippen LogP contribution in [0.15, 0.2) is 24.3 Å². The second-order valence-electron chi connectivity index (χ2n) is 5.21. The molecular formula is C15H18F3NO3. The van der Waals surface area contributed by atoms with Gasteiger partial charge in [0.05, 0.1) is 12.6 Å². The zero-order valence-electron chi connectivity index (χ0n) is 12.1. The molecular weight excluding hydrogens is 299 g/mol. The number of carbonyl (C=O) groups is 1. The number of amides is 1. The van der Waals surface area contributed by atoms with E-state index in [1.165, 1.54) is 6.92 Å². The number of fused-ring (bicyclic) bond motifs is 1. The van der Waals surface area contributed by atoms with Crippen LogP contribution in [0.3, 0.4) is 0 Å². The summed E-state index contributed by atoms with van der Waals surface area (Å²) in [5, 5.41) is 11.6. The molecule has 0 saturated carbocycles. The Morgan fingerprint density at radius 1 is 1.45 bits per heavy atom. The molecule has 0 bridgehead atoms. The van der Waals surface area contributed by atoms with Gasteiger partial charge in [0.2, 0.25) is 0 Å². The number of benzene rings is 1. The molecule has 1 aliphatic heterocycles. The van der Waals surface area contributed by atoms with Gasteiger partial charge in [0.25, 0.3) is 5.91 Å². The first kappa shape index (κ1) is 16.8. The third-order valence-corrected chi connectivity index (χ3v) is 3.72. The van der Waals surface area contributed by atoms with Gasteiger partial charge in [-0.25, -0.2) is 0 Å². The van der Waals surface area contributed by atoms with Gasteiger partial charge in [-0.05, 0) is 24.0 Å². The number of hydrogen-bond acceptors (Lipinski definition) is 3. The number of halogens is 3. The minimum absolute atomic E-state index is 0.0409. The lowest BCUT2D eigenvalue weighted by Crippen LogP contribution is -2.51. The van der Waals surface area contributed by atoms with E-state index < -0.39 is 30.3 Å². The molecule has 1 amide bonds. The lowest BCUT2D eigenvalue weighted by Gasteiger charge is -2.29. The van der Waals surface area contributed by atoms with Gasteiger partial charge >= 0.3 is 6.18 Å². The predicted molar refractivity (Wildman–Crippen MR) is 73.1 cm³/mol. The highest BCUT2D eigenvalue weighted by Crippen LogP contribution is 2.28. The van der Waals surface area contributed by atoms with Crippen LogP contribution in [-0.2, 0) is 16.0 Å². The number of rotatable bonds is 4. The molecule has 0 radical (unpaired) electrons. The molecule has 122 valence electrons. The summed E-state index contributed by atoms with van der Waals surface area (Å²) in [5.41, 5.74) is 1.60. The fourth-order valence-electron chi connectivity index (χ4n) is 2.50. The number of alkyl halides is 3. The average Bonchev–Trinajstić information content (AvgIpc) is 2.50. The normalized spacial score (nSPS) is 20.9. The van der Waals surface area contributed by atoms with Crippen LogP contribution in [0.1, 0.15) is 30.6 Å². The van der Waals surface area contributed by atoms with E-state index in [0.717, 1.165) is 5.56 Å². The molecule has 0 aromatic heterocycles. The first-order valence-electron chi connectivity index (χ1n) is 7.09. The van der Waals surface area contributed by atoms with Crippen molar-refractivity contribution in [2.45, 2.75) is 44.2 Å². The molecule has 1 heterocycles. The number of aliphatic hydroxyl groups excluding tert-OH is 1. The van der Waals surface area contributed by atoms with E-state index in [1.54, 1.807) is 12.1 Å². The van der Waals surface area contributed by atoms with E-state index in [4.69, 9.17) is 4.74 Å². The van der Waals surface area contributed by atoms with Crippen LogP contribution in [0.25, 0.3) is 0 Å². The molecule has 2 N–H and O–H groups in total. The number of carbonyl (C=O) groups excluding carboxylic acids is 1. The molecule has 1 aromatic rings. The molecule has 3 atom stereocenters. The van der Waals surface area contributed by atoms with Crippen LogP contribution in [0.4, 0.5) is 13.2 Å². The van der Waals surface area contributed by atoms with Gasteiger partial charge in [0.1, 0.15) is 0 Å². The highest BCUT2D eigenvalue weighted by atomic mass is 19.4. The van der Waals surface area contributed by atoms with Crippen molar-refractivity contribution in [3.63, 3.8) is 0 Å². The molecule has 4 nitrogen and oxygen atoms in total. The number of aliphatic hydroxyl groups is 1. The summed E-state index contributed by atoms with van der Waals surface area (Å²) in [6.45, 7) is 1.79. The minimum atomic E-state index is -4.78. The number of hydrogen-bond donors (Lipinski definition) is 2. The zero-order valence-corrected chi connectivity index (χ0v) is 12.1. The second kappa shape index (κ2) is 6.66. The molecule has 0 fully saturated rings. The van der Waals surface area contributed by atoms with Crippen molar-refractivity contribution in [1.29, 1.82) is 0 Å². The summed E-state index contributed by atoms with van der Waals surface area (Å²) in [7, 11) is 0. The Morgan fingerprint density at radius 2 is 2.14 bits per heavy atom. The lowest BCUT2D eigenvalue weighted by atomic mass is 9.96. The Labute approximate surface area is 126 Å². The van der Waals surface area contributed by atoms with Crippen molar-refractivity contribution in [1.82, 2.24) is 5.32 Å². The zero-order chi connectivity index (χ0) is 16.3. The van der Waals surface area contributed by atoms with Crippen molar-refractivity contribution in [3.8, 4) is 0 Å². The molecule has 22 heavy (non-hydrogen) atoms. The van der Waals surface area contributed by atoms with Crippen molar-refractivity contribution < 1.29 is 27.8 Å². The van der Waals surface area contributed by atoms with Crippen LogP contribution in [-0.4, -0.2) is 35.9 Å². The van der Waals surface area contributed by atoms with Crippen LogP contribution >= 0.6 is 0 Å². The summed E-state index contributed by atoms with van der Waals surface area (Å²) < 4.78 is 43.2. The van der Waals surface area contributed by atoms with Gasteiger partial charge in [-0.2, -0.15) is 13.2 Å². The third-order valence-electron chi connectivity index (χ3n) is 3.72. The summed E-state index contributed by atoms with van der Waals surface area (Å²) in [6.07, 6.45) is -7.71. The summed E-state index contributed by atoms with van der Waals surface area (Å²) in [6, 6.07) is 5.77. The molecule has 0 aliphatic carbocycles. The van der Waals surface area contributed by atoms with E-state index in [-0.39, 0.29) is 6.42 Å². The Kier molecular flexibility index (Phi) is 5.08. The molecule has 0 spiro atoms. The third kappa shape index (κ3) is 3.59. The molecule has 1 aromatic carbocycles. The minimum Gasteiger partial charge on any atom is -0.382 e. The Morgan fingerprint density at radius 3 is 2.77 bits per heavy atom. The Bertz CT molecular complexity index is 533. The van der Waals surface area contributed by atoms with Gasteiger partial charge in [0, 0.05) is 0 Å². The van der Waals surface area contributed by atoms with E-state index in [9.17, 15) is 23.1 Å². The van der Waals surface area contributed by atoms with Crippen molar-refractivity contribution in [2.75, 3.05) is 6.61 Å². The van der Waals surface area contributed by atoms with Gasteiger partial charge in [-0.15, -0.1) is 0 Å². The molecule has 1 aliphatic rings. The Hall–Kier alpha value is -1.60. The van der Waals surface area contributed by atoms with E-state index in [1.807, 2.05) is 12.1 Å². The van der Waals surface area contributed by atoms with Crippen LogP contribution in [0, 0.1) is 0 Å². The van der Waals surface area contributed by atoms with Crippen molar-refractivity contribution >= 4 is 5.91 Å². The van der Waals surface area contributed by atoms with Gasteiger partial charge in [0.15, 0.2) is 12.2 Å². The largest absolute Gasteiger partial charge is 0.416 e. The summed E-state index contributed by atoms with van der Waals surface area (Å²) in [5.74, 6) is -0.665. The van der Waals surface area contributed by atoms with E-state index in [2.05, 4.69) is 5.32 Å². The quantitative estimate of drug-likeness (QED) is 0.894. The molecule has 3 unspecified atom stereocenters. The molecule has 2 rings (SSSR count). The van der Waals surface area contributed by atoms with Crippen LogP contribution in [0.5, 0.6) is 0 Å². The number of nitrogens with one attached hydrogen (secondary N) is 1. The first-order chi connectivity index (χ1) is 10.3. The SMILES string of the molecule is CCC(NC(=O)C1OCCc2ccccc21)C(O)C(F)(F)F. The molecule has 0 saturated heterocycles. The van der Waals surface area contributed by atoms with E-state index in [0.29, 0.717) is 18.6 Å². The smallest absolute Gasteiger partial charge is 0.382 e. The van der Waals surface area contributed by atoms with Gasteiger partial charge in [-0.3, -0.25) is 4.79 Å². The Balaban J connectivity index is 2.12. The van der Waals surface area contributed by atoms with Crippen molar-refractivity contribution in [3.05, 3.63) is 35.4 Å². The second-order valence-corrected chi connectivity index (χ2v) is 5.21. The maximum absolute atomic E-state index is 12.6. The summed E-state index contributed by atoms with van der Waals surface area (Å²) >= 11 is 0. The van der Waals surface area contributed by atoms with E-state index >= 15 is 0 Å². The van der Waals surface area contributed by atoms with Crippen molar-refractivity contribution in [2.24, 2.45) is 0 Å². The topological polar surface area (TPSA) is 58.6 Å². The lowest BCUT2D eigenvalue weighted by molar-refractivity contribution is -0.212. The molecule has 7 heteroatoms. The maximum Gasteiger partial charge on any atom is 0.416 e. The fourth-order valence-corrected chi connectivity index (χ4v) is 2.50.